The number of aromatic amines is 1. The van der Waals surface area contributed by atoms with Crippen molar-refractivity contribution in [1.82, 2.24) is 15.3 Å². The van der Waals surface area contributed by atoms with E-state index in [1.165, 1.54) is 18.2 Å². The van der Waals surface area contributed by atoms with Gasteiger partial charge in [0.2, 0.25) is 5.91 Å². The van der Waals surface area contributed by atoms with Gasteiger partial charge < -0.3 is 10.3 Å². The minimum Gasteiger partial charge on any atom is -0.350 e. The maximum absolute atomic E-state index is 13.1. The van der Waals surface area contributed by atoms with Gasteiger partial charge in [0.25, 0.3) is 5.56 Å². The number of amides is 1. The second-order valence-electron chi connectivity index (χ2n) is 6.16. The standard InChI is InChI=1S/C20H18FN3O2/c1-12(2)22-17(25)11-8-13-4-3-5-16-18(13)23-19(24-20(16)26)14-6-9-15(21)10-7-14/h3-12H,1-2H3,(H,22,25)(H,23,24,26)/b11-8+. The molecule has 0 bridgehead atoms. The third kappa shape index (κ3) is 3.85. The molecule has 0 atom stereocenters. The van der Waals surface area contributed by atoms with Crippen LogP contribution >= 0.6 is 0 Å². The van der Waals surface area contributed by atoms with Crippen LogP contribution in [0.1, 0.15) is 19.4 Å². The predicted octanol–water partition coefficient (Wildman–Crippen LogP) is 3.27. The lowest BCUT2D eigenvalue weighted by atomic mass is 10.1. The number of hydrogen-bond donors (Lipinski definition) is 2. The first-order chi connectivity index (χ1) is 12.4. The van der Waals surface area contributed by atoms with Crippen LogP contribution in [0.2, 0.25) is 0 Å². The van der Waals surface area contributed by atoms with Gasteiger partial charge in [-0.3, -0.25) is 9.59 Å². The SMILES string of the molecule is CC(C)NC(=O)/C=C/c1cccc2c(=O)[nH]c(-c3ccc(F)cc3)nc12. The molecule has 132 valence electrons. The van der Waals surface area contributed by atoms with Crippen LogP contribution in [0.25, 0.3) is 28.4 Å². The molecule has 0 aliphatic heterocycles. The normalized spacial score (nSPS) is 11.4. The first kappa shape index (κ1) is 17.5. The smallest absolute Gasteiger partial charge is 0.259 e. The van der Waals surface area contributed by atoms with E-state index in [-0.39, 0.29) is 23.3 Å². The number of fused-ring (bicyclic) bond motifs is 1. The third-order valence-electron chi connectivity index (χ3n) is 3.73. The fourth-order valence-corrected chi connectivity index (χ4v) is 2.56. The number of nitrogens with one attached hydrogen (secondary N) is 2. The summed E-state index contributed by atoms with van der Waals surface area (Å²) in [6, 6.07) is 10.9. The fourth-order valence-electron chi connectivity index (χ4n) is 2.56. The molecular formula is C20H18FN3O2. The molecule has 2 N–H and O–H groups in total. The third-order valence-corrected chi connectivity index (χ3v) is 3.73. The maximum atomic E-state index is 13.1. The molecule has 0 spiro atoms. The van der Waals surface area contributed by atoms with Crippen molar-refractivity contribution in [1.29, 1.82) is 0 Å². The van der Waals surface area contributed by atoms with E-state index in [0.29, 0.717) is 27.9 Å². The minimum absolute atomic E-state index is 0.0331. The van der Waals surface area contributed by atoms with Crippen LogP contribution in [-0.4, -0.2) is 21.9 Å². The predicted molar refractivity (Wildman–Crippen MR) is 100 cm³/mol. The van der Waals surface area contributed by atoms with Gasteiger partial charge in [-0.2, -0.15) is 0 Å². The Balaban J connectivity index is 2.07. The number of hydrogen-bond acceptors (Lipinski definition) is 3. The van der Waals surface area contributed by atoms with Crippen molar-refractivity contribution in [2.45, 2.75) is 19.9 Å². The first-order valence-electron chi connectivity index (χ1n) is 8.21. The van der Waals surface area contributed by atoms with E-state index in [9.17, 15) is 14.0 Å². The van der Waals surface area contributed by atoms with Crippen LogP contribution in [-0.2, 0) is 4.79 Å². The molecule has 5 nitrogen and oxygen atoms in total. The highest BCUT2D eigenvalue weighted by atomic mass is 19.1. The number of aromatic nitrogens is 2. The summed E-state index contributed by atoms with van der Waals surface area (Å²) < 4.78 is 13.1. The Hall–Kier alpha value is -3.28. The van der Waals surface area contributed by atoms with Crippen LogP contribution in [0.5, 0.6) is 0 Å². The number of nitrogens with zero attached hydrogens (tertiary/aromatic N) is 1. The molecule has 0 aliphatic carbocycles. The lowest BCUT2D eigenvalue weighted by Gasteiger charge is -2.06. The molecule has 0 fully saturated rings. The Morgan fingerprint density at radius 2 is 1.92 bits per heavy atom. The quantitative estimate of drug-likeness (QED) is 0.709. The van der Waals surface area contributed by atoms with Gasteiger partial charge in [-0.1, -0.05) is 12.1 Å². The monoisotopic (exact) mass is 351 g/mol. The van der Waals surface area contributed by atoms with Crippen LogP contribution in [0.3, 0.4) is 0 Å². The first-order valence-corrected chi connectivity index (χ1v) is 8.21. The molecule has 6 heteroatoms. The van der Waals surface area contributed by atoms with Crippen molar-refractivity contribution in [2.24, 2.45) is 0 Å². The fraction of sp³-hybridized carbons (Fsp3) is 0.150. The number of halogens is 1. The molecule has 0 radical (unpaired) electrons. The Kier molecular flexibility index (Phi) is 4.93. The average molecular weight is 351 g/mol. The second kappa shape index (κ2) is 7.31. The van der Waals surface area contributed by atoms with Gasteiger partial charge in [0.1, 0.15) is 11.6 Å². The van der Waals surface area contributed by atoms with Crippen LogP contribution < -0.4 is 10.9 Å². The van der Waals surface area contributed by atoms with Gasteiger partial charge in [0.05, 0.1) is 10.9 Å². The van der Waals surface area contributed by atoms with Crippen molar-refractivity contribution in [3.63, 3.8) is 0 Å². The molecule has 26 heavy (non-hydrogen) atoms. The average Bonchev–Trinajstić information content (AvgIpc) is 2.60. The van der Waals surface area contributed by atoms with Gasteiger partial charge in [-0.15, -0.1) is 0 Å². The summed E-state index contributed by atoms with van der Waals surface area (Å²) in [6.07, 6.45) is 3.04. The maximum Gasteiger partial charge on any atom is 0.259 e. The second-order valence-corrected chi connectivity index (χ2v) is 6.16. The summed E-state index contributed by atoms with van der Waals surface area (Å²) in [5.41, 5.74) is 1.43. The number of carbonyl (C=O) groups is 1. The summed E-state index contributed by atoms with van der Waals surface area (Å²) >= 11 is 0. The molecule has 2 aromatic carbocycles. The zero-order chi connectivity index (χ0) is 18.7. The number of carbonyl (C=O) groups excluding carboxylic acids is 1. The topological polar surface area (TPSA) is 74.8 Å². The van der Waals surface area contributed by atoms with E-state index in [1.54, 1.807) is 36.4 Å². The minimum atomic E-state index is -0.364. The van der Waals surface area contributed by atoms with Gasteiger partial charge in [-0.05, 0) is 50.3 Å². The number of H-pyrrole nitrogens is 1. The summed E-state index contributed by atoms with van der Waals surface area (Å²) in [6.45, 7) is 3.75. The van der Waals surface area contributed by atoms with E-state index in [1.807, 2.05) is 13.8 Å². The molecule has 0 saturated heterocycles. The Bertz CT molecular complexity index is 1040. The van der Waals surface area contributed by atoms with Crippen molar-refractivity contribution in [3.05, 3.63) is 70.3 Å². The molecule has 0 saturated carbocycles. The van der Waals surface area contributed by atoms with Crippen LogP contribution in [0.4, 0.5) is 4.39 Å². The Morgan fingerprint density at radius 1 is 1.19 bits per heavy atom. The van der Waals surface area contributed by atoms with Crippen molar-refractivity contribution in [3.8, 4) is 11.4 Å². The molecule has 3 aromatic rings. The molecule has 1 heterocycles. The zero-order valence-corrected chi connectivity index (χ0v) is 14.4. The van der Waals surface area contributed by atoms with E-state index in [4.69, 9.17) is 0 Å². The number of para-hydroxylation sites is 1. The summed E-state index contributed by atoms with van der Waals surface area (Å²) in [7, 11) is 0. The highest BCUT2D eigenvalue weighted by molar-refractivity contribution is 5.95. The Labute approximate surface area is 149 Å². The Morgan fingerprint density at radius 3 is 2.62 bits per heavy atom. The van der Waals surface area contributed by atoms with Crippen LogP contribution in [0.15, 0.2) is 53.3 Å². The lowest BCUT2D eigenvalue weighted by Crippen LogP contribution is -2.28. The van der Waals surface area contributed by atoms with Gasteiger partial charge in [-0.25, -0.2) is 9.37 Å². The van der Waals surface area contributed by atoms with Gasteiger partial charge in [0.15, 0.2) is 0 Å². The highest BCUT2D eigenvalue weighted by Gasteiger charge is 2.09. The van der Waals surface area contributed by atoms with Gasteiger partial charge in [0, 0.05) is 23.2 Å². The molecule has 1 amide bonds. The molecule has 3 rings (SSSR count). The number of benzene rings is 2. The largest absolute Gasteiger partial charge is 0.350 e. The number of rotatable bonds is 4. The van der Waals surface area contributed by atoms with Crippen molar-refractivity contribution >= 4 is 22.9 Å². The molecule has 1 aromatic heterocycles. The summed E-state index contributed by atoms with van der Waals surface area (Å²) in [5, 5.41) is 3.18. The van der Waals surface area contributed by atoms with Crippen molar-refractivity contribution < 1.29 is 9.18 Å². The molecule has 0 aliphatic rings. The summed E-state index contributed by atoms with van der Waals surface area (Å²) in [5.74, 6) is -0.243. The van der Waals surface area contributed by atoms with Gasteiger partial charge >= 0.3 is 0 Å². The summed E-state index contributed by atoms with van der Waals surface area (Å²) in [4.78, 5) is 31.5. The zero-order valence-electron chi connectivity index (χ0n) is 14.4. The van der Waals surface area contributed by atoms with Crippen molar-refractivity contribution in [2.75, 3.05) is 0 Å². The van der Waals surface area contributed by atoms with E-state index in [0.717, 1.165) is 0 Å². The molecular weight excluding hydrogens is 333 g/mol. The van der Waals surface area contributed by atoms with E-state index < -0.39 is 0 Å². The van der Waals surface area contributed by atoms with Crippen LogP contribution in [0, 0.1) is 5.82 Å². The highest BCUT2D eigenvalue weighted by Crippen LogP contribution is 2.20. The van der Waals surface area contributed by atoms with E-state index in [2.05, 4.69) is 15.3 Å². The molecule has 0 unspecified atom stereocenters. The lowest BCUT2D eigenvalue weighted by molar-refractivity contribution is -0.116. The van der Waals surface area contributed by atoms with E-state index >= 15 is 0 Å².